The molecule has 90 valence electrons. The number of para-hydroxylation sites is 1. The predicted molar refractivity (Wildman–Crippen MR) is 72.0 cm³/mol. The van der Waals surface area contributed by atoms with E-state index in [9.17, 15) is 0 Å². The van der Waals surface area contributed by atoms with Crippen LogP contribution in [0.5, 0.6) is 0 Å². The summed E-state index contributed by atoms with van der Waals surface area (Å²) in [6, 6.07) is 11.5. The number of aromatic nitrogens is 1. The van der Waals surface area contributed by atoms with Gasteiger partial charge in [0.15, 0.2) is 0 Å². The van der Waals surface area contributed by atoms with Gasteiger partial charge in [-0.2, -0.15) is 0 Å². The van der Waals surface area contributed by atoms with Gasteiger partial charge in [-0.25, -0.2) is 0 Å². The SMILES string of the molecule is c1ccc2[nH]c(CNC3CCCCC3)cc2c1. The van der Waals surface area contributed by atoms with Crippen molar-refractivity contribution in [2.24, 2.45) is 0 Å². The van der Waals surface area contributed by atoms with Crippen molar-refractivity contribution in [1.29, 1.82) is 0 Å². The Kier molecular flexibility index (Phi) is 3.14. The van der Waals surface area contributed by atoms with Gasteiger partial charge in [0.05, 0.1) is 0 Å². The maximum absolute atomic E-state index is 3.67. The molecule has 0 spiro atoms. The second-order valence-corrected chi connectivity index (χ2v) is 5.10. The molecule has 1 aliphatic carbocycles. The molecule has 0 aliphatic heterocycles. The van der Waals surface area contributed by atoms with Crippen LogP contribution in [0.2, 0.25) is 0 Å². The van der Waals surface area contributed by atoms with Crippen molar-refractivity contribution in [2.75, 3.05) is 0 Å². The maximum atomic E-state index is 3.67. The third kappa shape index (κ3) is 2.52. The minimum absolute atomic E-state index is 0.732. The van der Waals surface area contributed by atoms with E-state index in [4.69, 9.17) is 0 Å². The number of hydrogen-bond donors (Lipinski definition) is 2. The van der Waals surface area contributed by atoms with E-state index < -0.39 is 0 Å². The Morgan fingerprint density at radius 2 is 1.94 bits per heavy atom. The fourth-order valence-electron chi connectivity index (χ4n) is 2.79. The van der Waals surface area contributed by atoms with Gasteiger partial charge in [-0.05, 0) is 30.4 Å². The van der Waals surface area contributed by atoms with Crippen LogP contribution in [0.4, 0.5) is 0 Å². The largest absolute Gasteiger partial charge is 0.357 e. The first kappa shape index (κ1) is 10.8. The quantitative estimate of drug-likeness (QED) is 0.825. The molecule has 2 nitrogen and oxygen atoms in total. The van der Waals surface area contributed by atoms with Crippen LogP contribution in [0.1, 0.15) is 37.8 Å². The van der Waals surface area contributed by atoms with Crippen LogP contribution >= 0.6 is 0 Å². The second kappa shape index (κ2) is 4.92. The van der Waals surface area contributed by atoms with E-state index >= 15 is 0 Å². The van der Waals surface area contributed by atoms with E-state index in [0.29, 0.717) is 0 Å². The van der Waals surface area contributed by atoms with E-state index in [1.165, 1.54) is 48.7 Å². The third-order valence-electron chi connectivity index (χ3n) is 3.77. The number of hydrogen-bond acceptors (Lipinski definition) is 1. The molecule has 2 heteroatoms. The predicted octanol–water partition coefficient (Wildman–Crippen LogP) is 3.59. The summed E-state index contributed by atoms with van der Waals surface area (Å²) in [6.45, 7) is 0.972. The highest BCUT2D eigenvalue weighted by Gasteiger charge is 2.12. The molecule has 0 atom stereocenters. The summed E-state index contributed by atoms with van der Waals surface area (Å²) in [5.41, 5.74) is 2.55. The van der Waals surface area contributed by atoms with Gasteiger partial charge in [-0.3, -0.25) is 0 Å². The standard InChI is InChI=1S/C15H20N2/c1-2-7-13(8-3-1)16-11-14-10-12-6-4-5-9-15(12)17-14/h4-6,9-10,13,16-17H,1-3,7-8,11H2. The van der Waals surface area contributed by atoms with Crippen molar-refractivity contribution >= 4 is 10.9 Å². The van der Waals surface area contributed by atoms with Gasteiger partial charge in [-0.1, -0.05) is 37.5 Å². The molecule has 1 aromatic heterocycles. The lowest BCUT2D eigenvalue weighted by atomic mass is 9.95. The first-order valence-electron chi connectivity index (χ1n) is 6.72. The summed E-state index contributed by atoms with van der Waals surface area (Å²) in [5, 5.41) is 4.98. The average molecular weight is 228 g/mol. The second-order valence-electron chi connectivity index (χ2n) is 5.10. The summed E-state index contributed by atoms with van der Waals surface area (Å²) in [4.78, 5) is 3.47. The Morgan fingerprint density at radius 1 is 1.12 bits per heavy atom. The van der Waals surface area contributed by atoms with Crippen molar-refractivity contribution in [3.63, 3.8) is 0 Å². The molecule has 0 bridgehead atoms. The Balaban J connectivity index is 1.64. The van der Waals surface area contributed by atoms with Gasteiger partial charge in [0.2, 0.25) is 0 Å². The number of nitrogens with one attached hydrogen (secondary N) is 2. The lowest BCUT2D eigenvalue weighted by Crippen LogP contribution is -2.30. The lowest BCUT2D eigenvalue weighted by molar-refractivity contribution is 0.371. The number of fused-ring (bicyclic) bond motifs is 1. The molecule has 0 radical (unpaired) electrons. The number of rotatable bonds is 3. The molecule has 1 fully saturated rings. The number of aromatic amines is 1. The normalized spacial score (nSPS) is 17.6. The van der Waals surface area contributed by atoms with Gasteiger partial charge in [0.1, 0.15) is 0 Å². The number of benzene rings is 1. The molecule has 1 aliphatic rings. The minimum atomic E-state index is 0.732. The molecule has 2 N–H and O–H groups in total. The molecular formula is C15H20N2. The van der Waals surface area contributed by atoms with Crippen molar-refractivity contribution < 1.29 is 0 Å². The highest BCUT2D eigenvalue weighted by Crippen LogP contribution is 2.19. The van der Waals surface area contributed by atoms with Gasteiger partial charge >= 0.3 is 0 Å². The summed E-state index contributed by atoms with van der Waals surface area (Å²) in [7, 11) is 0. The lowest BCUT2D eigenvalue weighted by Gasteiger charge is -2.22. The Labute approximate surface area is 102 Å². The molecule has 3 rings (SSSR count). The number of H-pyrrole nitrogens is 1. The Bertz CT molecular complexity index is 447. The highest BCUT2D eigenvalue weighted by molar-refractivity contribution is 5.80. The van der Waals surface area contributed by atoms with Gasteiger partial charge in [-0.15, -0.1) is 0 Å². The molecule has 0 unspecified atom stereocenters. The molecule has 2 aromatic rings. The first-order valence-corrected chi connectivity index (χ1v) is 6.72. The van der Waals surface area contributed by atoms with Crippen LogP contribution in [0, 0.1) is 0 Å². The zero-order valence-electron chi connectivity index (χ0n) is 10.2. The molecule has 1 aromatic carbocycles. The maximum Gasteiger partial charge on any atom is 0.0456 e. The van der Waals surface area contributed by atoms with Crippen LogP contribution in [0.15, 0.2) is 30.3 Å². The van der Waals surface area contributed by atoms with E-state index in [-0.39, 0.29) is 0 Å². The molecule has 1 saturated carbocycles. The average Bonchev–Trinajstić information content (AvgIpc) is 2.80. The fourth-order valence-corrected chi connectivity index (χ4v) is 2.79. The molecular weight excluding hydrogens is 208 g/mol. The summed E-state index contributed by atoms with van der Waals surface area (Å²) in [5.74, 6) is 0. The fraction of sp³-hybridized carbons (Fsp3) is 0.467. The monoisotopic (exact) mass is 228 g/mol. The summed E-state index contributed by atoms with van der Waals surface area (Å²) >= 11 is 0. The molecule has 0 saturated heterocycles. The van der Waals surface area contributed by atoms with Crippen molar-refractivity contribution in [2.45, 2.75) is 44.7 Å². The van der Waals surface area contributed by atoms with Crippen molar-refractivity contribution in [1.82, 2.24) is 10.3 Å². The highest BCUT2D eigenvalue weighted by atomic mass is 14.9. The Hall–Kier alpha value is -1.28. The Morgan fingerprint density at radius 3 is 2.76 bits per heavy atom. The van der Waals surface area contributed by atoms with Gasteiger partial charge < -0.3 is 10.3 Å². The summed E-state index contributed by atoms with van der Waals surface area (Å²) in [6.07, 6.45) is 6.90. The molecule has 0 amide bonds. The van der Waals surface area contributed by atoms with Crippen molar-refractivity contribution in [3.8, 4) is 0 Å². The van der Waals surface area contributed by atoms with E-state index in [1.807, 2.05) is 0 Å². The van der Waals surface area contributed by atoms with Crippen LogP contribution in [-0.4, -0.2) is 11.0 Å². The van der Waals surface area contributed by atoms with Crippen LogP contribution in [-0.2, 0) is 6.54 Å². The summed E-state index contributed by atoms with van der Waals surface area (Å²) < 4.78 is 0. The topological polar surface area (TPSA) is 27.8 Å². The minimum Gasteiger partial charge on any atom is -0.357 e. The van der Waals surface area contributed by atoms with Crippen molar-refractivity contribution in [3.05, 3.63) is 36.0 Å². The third-order valence-corrected chi connectivity index (χ3v) is 3.77. The van der Waals surface area contributed by atoms with Gasteiger partial charge in [0, 0.05) is 23.8 Å². The van der Waals surface area contributed by atoms with E-state index in [0.717, 1.165) is 12.6 Å². The smallest absolute Gasteiger partial charge is 0.0456 e. The van der Waals surface area contributed by atoms with E-state index in [1.54, 1.807) is 0 Å². The van der Waals surface area contributed by atoms with Crippen LogP contribution in [0.25, 0.3) is 10.9 Å². The van der Waals surface area contributed by atoms with Crippen LogP contribution in [0.3, 0.4) is 0 Å². The zero-order chi connectivity index (χ0) is 11.5. The van der Waals surface area contributed by atoms with E-state index in [2.05, 4.69) is 40.6 Å². The first-order chi connectivity index (χ1) is 8.42. The van der Waals surface area contributed by atoms with Gasteiger partial charge in [0.25, 0.3) is 0 Å². The zero-order valence-corrected chi connectivity index (χ0v) is 10.2. The van der Waals surface area contributed by atoms with Crippen LogP contribution < -0.4 is 5.32 Å². The molecule has 17 heavy (non-hydrogen) atoms. The molecule has 1 heterocycles.